The number of nitrogens with one attached hydrogen (secondary N) is 1. The van der Waals surface area contributed by atoms with E-state index in [-0.39, 0.29) is 34.9 Å². The number of amides is 1. The second-order valence-electron chi connectivity index (χ2n) is 8.03. The molecule has 0 aliphatic heterocycles. The third-order valence-electron chi connectivity index (χ3n) is 4.86. The van der Waals surface area contributed by atoms with Crippen LogP contribution in [0.1, 0.15) is 70.9 Å². The maximum atomic E-state index is 12.5. The Labute approximate surface area is 203 Å². The summed E-state index contributed by atoms with van der Waals surface area (Å²) in [5.74, 6) is -1.55. The average Bonchev–Trinajstić information content (AvgIpc) is 3.13. The van der Waals surface area contributed by atoms with Crippen molar-refractivity contribution in [2.75, 3.05) is 32.2 Å². The SMILES string of the molecule is CCOC(=O)c1c(NC(=O)COC(=O)c2ccc(OCCC(C)C)c(OC)c2)oc(C)c1C(C)=O. The molecule has 0 aliphatic carbocycles. The topological polar surface area (TPSA) is 130 Å². The monoisotopic (exact) mass is 489 g/mol. The van der Waals surface area contributed by atoms with Crippen molar-refractivity contribution in [3.63, 3.8) is 0 Å². The fourth-order valence-corrected chi connectivity index (χ4v) is 3.15. The Morgan fingerprint density at radius 1 is 1.03 bits per heavy atom. The summed E-state index contributed by atoms with van der Waals surface area (Å²) >= 11 is 0. The molecule has 0 unspecified atom stereocenters. The van der Waals surface area contributed by atoms with Crippen LogP contribution < -0.4 is 14.8 Å². The van der Waals surface area contributed by atoms with Crippen LogP contribution in [0, 0.1) is 12.8 Å². The van der Waals surface area contributed by atoms with E-state index in [0.717, 1.165) is 6.42 Å². The zero-order valence-corrected chi connectivity index (χ0v) is 20.8. The lowest BCUT2D eigenvalue weighted by atomic mass is 10.1. The first kappa shape index (κ1) is 27.4. The van der Waals surface area contributed by atoms with Crippen LogP contribution in [0.4, 0.5) is 5.88 Å². The molecule has 1 N–H and O–H groups in total. The van der Waals surface area contributed by atoms with Crippen LogP contribution in [0.2, 0.25) is 0 Å². The van der Waals surface area contributed by atoms with Crippen molar-refractivity contribution in [3.8, 4) is 11.5 Å². The second kappa shape index (κ2) is 12.6. The van der Waals surface area contributed by atoms with Gasteiger partial charge >= 0.3 is 11.9 Å². The molecule has 0 saturated heterocycles. The molecular weight excluding hydrogens is 458 g/mol. The Morgan fingerprint density at radius 3 is 2.34 bits per heavy atom. The standard InChI is InChI=1S/C25H31NO9/c1-7-32-25(30)22-21(15(4)27)16(5)35-23(22)26-20(28)13-34-24(29)17-8-9-18(19(12-17)31-6)33-11-10-14(2)3/h8-9,12,14H,7,10-11,13H2,1-6H3,(H,26,28). The number of hydrogen-bond donors (Lipinski definition) is 1. The fraction of sp³-hybridized carbons (Fsp3) is 0.440. The number of carbonyl (C=O) groups is 4. The average molecular weight is 490 g/mol. The number of benzene rings is 1. The number of methoxy groups -OCH3 is 1. The van der Waals surface area contributed by atoms with Crippen molar-refractivity contribution in [2.45, 2.75) is 41.0 Å². The summed E-state index contributed by atoms with van der Waals surface area (Å²) in [4.78, 5) is 49.1. The van der Waals surface area contributed by atoms with Gasteiger partial charge in [-0.15, -0.1) is 0 Å². The van der Waals surface area contributed by atoms with Crippen LogP contribution in [0.25, 0.3) is 0 Å². The Morgan fingerprint density at radius 2 is 1.74 bits per heavy atom. The summed E-state index contributed by atoms with van der Waals surface area (Å²) in [5, 5.41) is 2.36. The van der Waals surface area contributed by atoms with E-state index in [0.29, 0.717) is 24.0 Å². The van der Waals surface area contributed by atoms with Gasteiger partial charge in [-0.2, -0.15) is 0 Å². The molecule has 35 heavy (non-hydrogen) atoms. The summed E-state index contributed by atoms with van der Waals surface area (Å²) in [7, 11) is 1.45. The molecule has 0 radical (unpaired) electrons. The number of hydrogen-bond acceptors (Lipinski definition) is 9. The molecule has 0 spiro atoms. The van der Waals surface area contributed by atoms with Gasteiger partial charge in [0, 0.05) is 0 Å². The smallest absolute Gasteiger partial charge is 0.344 e. The molecule has 2 rings (SSSR count). The maximum Gasteiger partial charge on any atom is 0.344 e. The van der Waals surface area contributed by atoms with E-state index in [2.05, 4.69) is 19.2 Å². The molecule has 190 valence electrons. The highest BCUT2D eigenvalue weighted by atomic mass is 16.5. The minimum absolute atomic E-state index is 0.0125. The number of ether oxygens (including phenoxy) is 4. The molecule has 10 heteroatoms. The predicted molar refractivity (Wildman–Crippen MR) is 126 cm³/mol. The number of ketones is 1. The first-order chi connectivity index (χ1) is 16.6. The fourth-order valence-electron chi connectivity index (χ4n) is 3.15. The van der Waals surface area contributed by atoms with Gasteiger partial charge in [0.2, 0.25) is 5.88 Å². The van der Waals surface area contributed by atoms with Gasteiger partial charge in [-0.25, -0.2) is 9.59 Å². The van der Waals surface area contributed by atoms with E-state index in [1.807, 2.05) is 0 Å². The van der Waals surface area contributed by atoms with Gasteiger partial charge in [-0.3, -0.25) is 14.9 Å². The molecule has 10 nitrogen and oxygen atoms in total. The van der Waals surface area contributed by atoms with E-state index in [1.165, 1.54) is 33.1 Å². The van der Waals surface area contributed by atoms with Crippen LogP contribution in [-0.4, -0.2) is 50.6 Å². The van der Waals surface area contributed by atoms with Crippen molar-refractivity contribution in [2.24, 2.45) is 5.92 Å². The lowest BCUT2D eigenvalue weighted by Gasteiger charge is -2.13. The lowest BCUT2D eigenvalue weighted by molar-refractivity contribution is -0.119. The van der Waals surface area contributed by atoms with Crippen molar-refractivity contribution >= 4 is 29.5 Å². The van der Waals surface area contributed by atoms with Crippen molar-refractivity contribution in [1.82, 2.24) is 0 Å². The Hall–Kier alpha value is -3.82. The number of carbonyl (C=O) groups excluding carboxylic acids is 4. The summed E-state index contributed by atoms with van der Waals surface area (Å²) in [6, 6.07) is 4.55. The first-order valence-corrected chi connectivity index (χ1v) is 11.2. The molecule has 0 bridgehead atoms. The summed E-state index contributed by atoms with van der Waals surface area (Å²) < 4.78 is 26.4. The largest absolute Gasteiger partial charge is 0.493 e. The van der Waals surface area contributed by atoms with Gasteiger partial charge in [0.1, 0.15) is 11.3 Å². The third kappa shape index (κ3) is 7.33. The number of esters is 2. The number of anilines is 1. The van der Waals surface area contributed by atoms with Gasteiger partial charge in [0.15, 0.2) is 23.9 Å². The maximum absolute atomic E-state index is 12.5. The third-order valence-corrected chi connectivity index (χ3v) is 4.86. The van der Waals surface area contributed by atoms with Crippen LogP contribution in [-0.2, 0) is 14.3 Å². The lowest BCUT2D eigenvalue weighted by Crippen LogP contribution is -2.22. The number of aryl methyl sites for hydroxylation is 1. The van der Waals surface area contributed by atoms with Crippen LogP contribution in [0.3, 0.4) is 0 Å². The van der Waals surface area contributed by atoms with Crippen molar-refractivity contribution in [3.05, 3.63) is 40.6 Å². The van der Waals surface area contributed by atoms with E-state index >= 15 is 0 Å². The van der Waals surface area contributed by atoms with Gasteiger partial charge in [-0.1, -0.05) is 13.8 Å². The zero-order valence-electron chi connectivity index (χ0n) is 20.8. The van der Waals surface area contributed by atoms with E-state index in [9.17, 15) is 19.2 Å². The Kier molecular flexibility index (Phi) is 9.86. The Balaban J connectivity index is 2.07. The van der Waals surface area contributed by atoms with Gasteiger partial charge in [0.25, 0.3) is 5.91 Å². The highest BCUT2D eigenvalue weighted by molar-refractivity contribution is 6.10. The summed E-state index contributed by atoms with van der Waals surface area (Å²) in [5.41, 5.74) is -0.0151. The van der Waals surface area contributed by atoms with Crippen LogP contribution >= 0.6 is 0 Å². The highest BCUT2D eigenvalue weighted by Gasteiger charge is 2.29. The quantitative estimate of drug-likeness (QED) is 0.344. The molecule has 2 aromatic rings. The van der Waals surface area contributed by atoms with Crippen molar-refractivity contribution in [1.29, 1.82) is 0 Å². The molecule has 0 saturated carbocycles. The molecule has 0 atom stereocenters. The Bertz CT molecular complexity index is 1080. The summed E-state index contributed by atoms with van der Waals surface area (Å²) in [6.45, 7) is 8.44. The molecule has 1 aromatic heterocycles. The number of rotatable bonds is 12. The zero-order chi connectivity index (χ0) is 26.1. The molecule has 1 aromatic carbocycles. The minimum Gasteiger partial charge on any atom is -0.493 e. The number of furan rings is 1. The van der Waals surface area contributed by atoms with E-state index < -0.39 is 30.2 Å². The van der Waals surface area contributed by atoms with E-state index in [1.54, 1.807) is 13.0 Å². The number of Topliss-reactive ketones (excluding diaryl/α,β-unsaturated/α-hetero) is 1. The van der Waals surface area contributed by atoms with Gasteiger partial charge < -0.3 is 23.4 Å². The predicted octanol–water partition coefficient (Wildman–Crippen LogP) is 4.20. The molecule has 1 heterocycles. The van der Waals surface area contributed by atoms with Crippen LogP contribution in [0.5, 0.6) is 11.5 Å². The van der Waals surface area contributed by atoms with Gasteiger partial charge in [-0.05, 0) is 51.3 Å². The summed E-state index contributed by atoms with van der Waals surface area (Å²) in [6.07, 6.45) is 0.864. The van der Waals surface area contributed by atoms with E-state index in [4.69, 9.17) is 23.4 Å². The van der Waals surface area contributed by atoms with Crippen molar-refractivity contribution < 1.29 is 42.5 Å². The first-order valence-electron chi connectivity index (χ1n) is 11.2. The second-order valence-corrected chi connectivity index (χ2v) is 8.03. The molecule has 0 aliphatic rings. The van der Waals surface area contributed by atoms with Gasteiger partial charge in [0.05, 0.1) is 31.5 Å². The molecule has 0 fully saturated rings. The van der Waals surface area contributed by atoms with Crippen LogP contribution in [0.15, 0.2) is 22.6 Å². The molecule has 1 amide bonds. The molecular formula is C25H31NO9. The minimum atomic E-state index is -0.815. The highest BCUT2D eigenvalue weighted by Crippen LogP contribution is 2.30. The normalized spacial score (nSPS) is 10.6.